The van der Waals surface area contributed by atoms with Gasteiger partial charge in [0, 0.05) is 19.3 Å². The molecule has 0 radical (unpaired) electrons. The van der Waals surface area contributed by atoms with Crippen LogP contribution in [0.15, 0.2) is 0 Å². The quantitative estimate of drug-likeness (QED) is 0.679. The Morgan fingerprint density at radius 3 is 2.29 bits per heavy atom. The van der Waals surface area contributed by atoms with Crippen molar-refractivity contribution in [1.82, 2.24) is 5.32 Å². The van der Waals surface area contributed by atoms with Crippen LogP contribution in [0.4, 0.5) is 0 Å². The molecule has 0 unspecified atom stereocenters. The van der Waals surface area contributed by atoms with Crippen molar-refractivity contribution < 1.29 is 8.42 Å². The van der Waals surface area contributed by atoms with Crippen LogP contribution >= 0.6 is 0 Å². The summed E-state index contributed by atoms with van der Waals surface area (Å²) in [5.74, 6) is 0.953. The molecule has 0 heterocycles. The summed E-state index contributed by atoms with van der Waals surface area (Å²) < 4.78 is 21.7. The summed E-state index contributed by atoms with van der Waals surface area (Å²) in [7, 11) is -2.80. The van der Waals surface area contributed by atoms with Gasteiger partial charge in [0.25, 0.3) is 0 Å². The van der Waals surface area contributed by atoms with Crippen molar-refractivity contribution in [3.8, 4) is 0 Å². The summed E-state index contributed by atoms with van der Waals surface area (Å²) in [5.41, 5.74) is 0.470. The highest BCUT2D eigenvalue weighted by atomic mass is 32.2. The largest absolute Gasteiger partial charge is 0.315 e. The Kier molecular flexibility index (Phi) is 3.58. The number of nitrogens with one attached hydrogen (secondary N) is 1. The lowest BCUT2D eigenvalue weighted by Crippen LogP contribution is -2.31. The van der Waals surface area contributed by atoms with Crippen LogP contribution in [0.3, 0.4) is 0 Å². The molecule has 1 saturated carbocycles. The topological polar surface area (TPSA) is 46.2 Å². The molecule has 14 heavy (non-hydrogen) atoms. The lowest BCUT2D eigenvalue weighted by atomic mass is 9.92. The maximum Gasteiger partial charge on any atom is 0.148 e. The summed E-state index contributed by atoms with van der Waals surface area (Å²) in [4.78, 5) is 0. The minimum atomic E-state index is -2.80. The van der Waals surface area contributed by atoms with E-state index in [1.165, 1.54) is 19.1 Å². The standard InChI is InChI=1S/C10H21NO2S/c1-9(2)10(4-5-10)8-11-6-7-14(3,12)13/h9,11H,4-8H2,1-3H3. The number of hydrogen-bond acceptors (Lipinski definition) is 3. The van der Waals surface area contributed by atoms with Crippen LogP contribution < -0.4 is 5.32 Å². The highest BCUT2D eigenvalue weighted by molar-refractivity contribution is 7.90. The molecular formula is C10H21NO2S. The van der Waals surface area contributed by atoms with Crippen molar-refractivity contribution in [3.63, 3.8) is 0 Å². The molecule has 1 N–H and O–H groups in total. The molecule has 4 heteroatoms. The zero-order chi connectivity index (χ0) is 10.8. The highest BCUT2D eigenvalue weighted by Gasteiger charge is 2.44. The molecule has 1 aliphatic carbocycles. The molecule has 1 rings (SSSR count). The molecule has 0 saturated heterocycles. The van der Waals surface area contributed by atoms with Crippen LogP contribution in [0, 0.1) is 11.3 Å². The minimum Gasteiger partial charge on any atom is -0.315 e. The van der Waals surface area contributed by atoms with Crippen molar-refractivity contribution in [3.05, 3.63) is 0 Å². The highest BCUT2D eigenvalue weighted by Crippen LogP contribution is 2.51. The first kappa shape index (κ1) is 12.0. The van der Waals surface area contributed by atoms with E-state index in [-0.39, 0.29) is 5.75 Å². The smallest absolute Gasteiger partial charge is 0.148 e. The third-order valence-corrected chi connectivity index (χ3v) is 4.19. The Labute approximate surface area is 87.2 Å². The molecule has 0 aliphatic heterocycles. The third-order valence-electron chi connectivity index (χ3n) is 3.24. The number of sulfone groups is 1. The predicted octanol–water partition coefficient (Wildman–Crippen LogP) is 1.06. The summed E-state index contributed by atoms with van der Waals surface area (Å²) in [6.07, 6.45) is 3.86. The van der Waals surface area contributed by atoms with E-state index in [0.29, 0.717) is 17.9 Å². The fraction of sp³-hybridized carbons (Fsp3) is 1.00. The van der Waals surface area contributed by atoms with Gasteiger partial charge in [0.15, 0.2) is 0 Å². The maximum absolute atomic E-state index is 10.9. The Morgan fingerprint density at radius 1 is 1.36 bits per heavy atom. The lowest BCUT2D eigenvalue weighted by molar-refractivity contribution is 0.341. The number of rotatable bonds is 6. The van der Waals surface area contributed by atoms with Gasteiger partial charge in [-0.1, -0.05) is 13.8 Å². The Bertz CT molecular complexity index is 278. The van der Waals surface area contributed by atoms with Crippen molar-refractivity contribution >= 4 is 9.84 Å². The molecule has 3 nitrogen and oxygen atoms in total. The first-order valence-electron chi connectivity index (χ1n) is 5.24. The Balaban J connectivity index is 2.17. The van der Waals surface area contributed by atoms with E-state index < -0.39 is 9.84 Å². The second-order valence-corrected chi connectivity index (χ2v) is 7.08. The van der Waals surface area contributed by atoms with Crippen LogP contribution in [-0.2, 0) is 9.84 Å². The third kappa shape index (κ3) is 3.58. The van der Waals surface area contributed by atoms with E-state index >= 15 is 0 Å². The van der Waals surface area contributed by atoms with Gasteiger partial charge < -0.3 is 5.32 Å². The summed E-state index contributed by atoms with van der Waals surface area (Å²) in [6.45, 7) is 6.05. The van der Waals surface area contributed by atoms with Gasteiger partial charge in [-0.05, 0) is 24.2 Å². The second kappa shape index (κ2) is 4.19. The lowest BCUT2D eigenvalue weighted by Gasteiger charge is -2.19. The van der Waals surface area contributed by atoms with Crippen molar-refractivity contribution in [2.75, 3.05) is 25.1 Å². The zero-order valence-electron chi connectivity index (χ0n) is 9.34. The number of hydrogen-bond donors (Lipinski definition) is 1. The normalized spacial score (nSPS) is 20.0. The second-order valence-electron chi connectivity index (χ2n) is 4.82. The molecule has 0 aromatic heterocycles. The summed E-state index contributed by atoms with van der Waals surface area (Å²) >= 11 is 0. The van der Waals surface area contributed by atoms with Crippen LogP contribution in [0.2, 0.25) is 0 Å². The van der Waals surface area contributed by atoms with Gasteiger partial charge >= 0.3 is 0 Å². The zero-order valence-corrected chi connectivity index (χ0v) is 10.2. The fourth-order valence-electron chi connectivity index (χ4n) is 1.71. The molecule has 0 aromatic rings. The van der Waals surface area contributed by atoms with E-state index in [2.05, 4.69) is 19.2 Å². The first-order valence-corrected chi connectivity index (χ1v) is 7.30. The Morgan fingerprint density at radius 2 is 1.93 bits per heavy atom. The van der Waals surface area contributed by atoms with Crippen molar-refractivity contribution in [1.29, 1.82) is 0 Å². The summed E-state index contributed by atoms with van der Waals surface area (Å²) in [6, 6.07) is 0. The van der Waals surface area contributed by atoms with E-state index in [0.717, 1.165) is 6.54 Å². The molecule has 84 valence electrons. The van der Waals surface area contributed by atoms with Gasteiger partial charge in [-0.15, -0.1) is 0 Å². The van der Waals surface area contributed by atoms with E-state index in [9.17, 15) is 8.42 Å². The minimum absolute atomic E-state index is 0.251. The van der Waals surface area contributed by atoms with E-state index in [1.807, 2.05) is 0 Å². The van der Waals surface area contributed by atoms with Crippen LogP contribution in [0.25, 0.3) is 0 Å². The van der Waals surface area contributed by atoms with Gasteiger partial charge in [-0.25, -0.2) is 8.42 Å². The average molecular weight is 219 g/mol. The molecule has 1 aliphatic rings. The van der Waals surface area contributed by atoms with Gasteiger partial charge in [0.2, 0.25) is 0 Å². The van der Waals surface area contributed by atoms with Gasteiger partial charge in [-0.3, -0.25) is 0 Å². The molecule has 0 amide bonds. The van der Waals surface area contributed by atoms with Crippen LogP contribution in [-0.4, -0.2) is 33.5 Å². The van der Waals surface area contributed by atoms with Crippen molar-refractivity contribution in [2.45, 2.75) is 26.7 Å². The summed E-state index contributed by atoms with van der Waals surface area (Å²) in [5, 5.41) is 3.25. The van der Waals surface area contributed by atoms with Crippen molar-refractivity contribution in [2.24, 2.45) is 11.3 Å². The molecule has 0 aromatic carbocycles. The maximum atomic E-state index is 10.9. The molecule has 0 atom stereocenters. The average Bonchev–Trinajstić information content (AvgIpc) is 2.77. The van der Waals surface area contributed by atoms with E-state index in [4.69, 9.17) is 0 Å². The SMILES string of the molecule is CC(C)C1(CNCCS(C)(=O)=O)CC1. The van der Waals surface area contributed by atoms with Gasteiger partial charge in [0.1, 0.15) is 9.84 Å². The first-order chi connectivity index (χ1) is 6.36. The molecular weight excluding hydrogens is 198 g/mol. The predicted molar refractivity (Wildman–Crippen MR) is 59.1 cm³/mol. The van der Waals surface area contributed by atoms with Crippen LogP contribution in [0.1, 0.15) is 26.7 Å². The van der Waals surface area contributed by atoms with Crippen LogP contribution in [0.5, 0.6) is 0 Å². The molecule has 0 bridgehead atoms. The monoisotopic (exact) mass is 219 g/mol. The van der Waals surface area contributed by atoms with E-state index in [1.54, 1.807) is 0 Å². The molecule has 1 fully saturated rings. The van der Waals surface area contributed by atoms with Gasteiger partial charge in [-0.2, -0.15) is 0 Å². The fourth-order valence-corrected chi connectivity index (χ4v) is 2.23. The Hall–Kier alpha value is -0.0900. The van der Waals surface area contributed by atoms with Gasteiger partial charge in [0.05, 0.1) is 5.75 Å². The molecule has 0 spiro atoms.